The van der Waals surface area contributed by atoms with Crippen molar-refractivity contribution in [2.75, 3.05) is 5.43 Å². The Morgan fingerprint density at radius 2 is 2.35 bits per heavy atom. The van der Waals surface area contributed by atoms with Gasteiger partial charge < -0.3 is 10.8 Å². The average Bonchev–Trinajstić information content (AvgIpc) is 2.82. The molecule has 100 valence electrons. The van der Waals surface area contributed by atoms with Crippen molar-refractivity contribution < 1.29 is 9.90 Å². The van der Waals surface area contributed by atoms with Gasteiger partial charge in [-0.2, -0.15) is 15.5 Å². The molecule has 20 heavy (non-hydrogen) atoms. The molecule has 0 radical (unpaired) electrons. The Labute approximate surface area is 112 Å². The number of aromatic carboxylic acids is 1. The van der Waals surface area contributed by atoms with Crippen LogP contribution in [0.15, 0.2) is 23.3 Å². The number of rotatable bonds is 4. The highest BCUT2D eigenvalue weighted by molar-refractivity contribution is 6.45. The van der Waals surface area contributed by atoms with Gasteiger partial charge in [-0.25, -0.2) is 4.79 Å². The van der Waals surface area contributed by atoms with Crippen LogP contribution >= 0.6 is 0 Å². The minimum absolute atomic E-state index is 0.111. The lowest BCUT2D eigenvalue weighted by molar-refractivity contribution is 0.0692. The predicted molar refractivity (Wildman–Crippen MR) is 71.6 cm³/mol. The summed E-state index contributed by atoms with van der Waals surface area (Å²) in [5, 5.41) is 35.1. The van der Waals surface area contributed by atoms with Crippen LogP contribution in [-0.2, 0) is 0 Å². The molecule has 1 aromatic heterocycles. The van der Waals surface area contributed by atoms with Gasteiger partial charge in [0, 0.05) is 5.39 Å². The first-order valence-corrected chi connectivity index (χ1v) is 5.32. The number of benzene rings is 1. The summed E-state index contributed by atoms with van der Waals surface area (Å²) in [6.07, 6.45) is 0. The molecule has 9 nitrogen and oxygen atoms in total. The third kappa shape index (κ3) is 2.39. The topological polar surface area (TPSA) is 164 Å². The van der Waals surface area contributed by atoms with Crippen molar-refractivity contribution >= 4 is 34.1 Å². The molecule has 0 aliphatic rings. The second kappa shape index (κ2) is 5.07. The lowest BCUT2D eigenvalue weighted by Crippen LogP contribution is -2.21. The number of nitriles is 1. The molecule has 0 atom stereocenters. The summed E-state index contributed by atoms with van der Waals surface area (Å²) in [6, 6.07) is 6.41. The average molecular weight is 271 g/mol. The first kappa shape index (κ1) is 13.0. The number of hydrazone groups is 1. The Hall–Kier alpha value is -3.41. The lowest BCUT2D eigenvalue weighted by atomic mass is 10.2. The molecule has 0 unspecified atom stereocenters. The summed E-state index contributed by atoms with van der Waals surface area (Å²) in [5.41, 5.74) is 8.30. The standard InChI is InChI=1S/C11H9N7O2/c12-4-8(10(13)14)17-15-5-1-2-7-6(3-5)9(11(19)20)18-16-7/h1-3,15H,(H3,13,14)(H,16,18)(H,19,20)/b17-8+. The van der Waals surface area contributed by atoms with Crippen LogP contribution in [0.3, 0.4) is 0 Å². The Kier molecular flexibility index (Phi) is 3.30. The van der Waals surface area contributed by atoms with E-state index in [0.29, 0.717) is 16.6 Å². The number of amidine groups is 1. The molecule has 1 aromatic carbocycles. The van der Waals surface area contributed by atoms with Gasteiger partial charge in [0.1, 0.15) is 6.07 Å². The summed E-state index contributed by atoms with van der Waals surface area (Å²) < 4.78 is 0. The molecule has 0 fully saturated rings. The minimum atomic E-state index is -1.15. The van der Waals surface area contributed by atoms with E-state index in [4.69, 9.17) is 21.5 Å². The molecular formula is C11H9N7O2. The number of nitrogens with two attached hydrogens (primary N) is 1. The van der Waals surface area contributed by atoms with Crippen molar-refractivity contribution in [3.63, 3.8) is 0 Å². The van der Waals surface area contributed by atoms with E-state index in [1.165, 1.54) is 6.07 Å². The molecular weight excluding hydrogens is 262 g/mol. The number of fused-ring (bicyclic) bond motifs is 1. The second-order valence-corrected chi connectivity index (χ2v) is 3.74. The number of anilines is 1. The Morgan fingerprint density at radius 3 is 2.95 bits per heavy atom. The largest absolute Gasteiger partial charge is 0.476 e. The Bertz CT molecular complexity index is 769. The fraction of sp³-hybridized carbons (Fsp3) is 0. The van der Waals surface area contributed by atoms with E-state index in [1.54, 1.807) is 18.2 Å². The number of hydrogen-bond donors (Lipinski definition) is 5. The normalized spacial score (nSPS) is 11.1. The van der Waals surface area contributed by atoms with Crippen LogP contribution in [0.2, 0.25) is 0 Å². The van der Waals surface area contributed by atoms with Gasteiger partial charge in [0.05, 0.1) is 11.2 Å². The summed E-state index contributed by atoms with van der Waals surface area (Å²) in [4.78, 5) is 11.0. The van der Waals surface area contributed by atoms with Gasteiger partial charge in [-0.3, -0.25) is 15.9 Å². The van der Waals surface area contributed by atoms with Gasteiger partial charge in [-0.1, -0.05) is 0 Å². The van der Waals surface area contributed by atoms with E-state index in [1.807, 2.05) is 0 Å². The molecule has 9 heteroatoms. The number of aromatic amines is 1. The molecule has 0 spiro atoms. The van der Waals surface area contributed by atoms with E-state index in [2.05, 4.69) is 20.7 Å². The van der Waals surface area contributed by atoms with E-state index >= 15 is 0 Å². The number of carboxylic acid groups (broad SMARTS) is 1. The van der Waals surface area contributed by atoms with Crippen LogP contribution in [0.4, 0.5) is 5.69 Å². The molecule has 0 aliphatic carbocycles. The van der Waals surface area contributed by atoms with Gasteiger partial charge in [-0.05, 0) is 18.2 Å². The summed E-state index contributed by atoms with van der Waals surface area (Å²) in [7, 11) is 0. The van der Waals surface area contributed by atoms with Crippen LogP contribution in [-0.4, -0.2) is 32.8 Å². The van der Waals surface area contributed by atoms with Gasteiger partial charge in [-0.15, -0.1) is 0 Å². The zero-order valence-corrected chi connectivity index (χ0v) is 10.0. The third-order valence-corrected chi connectivity index (χ3v) is 2.42. The highest BCUT2D eigenvalue weighted by Crippen LogP contribution is 2.20. The fourth-order valence-electron chi connectivity index (χ4n) is 1.51. The summed E-state index contributed by atoms with van der Waals surface area (Å²) in [5.74, 6) is -1.62. The van der Waals surface area contributed by atoms with Crippen LogP contribution in [0.25, 0.3) is 10.9 Å². The van der Waals surface area contributed by atoms with Crippen molar-refractivity contribution in [1.82, 2.24) is 10.2 Å². The van der Waals surface area contributed by atoms with Crippen molar-refractivity contribution in [3.05, 3.63) is 23.9 Å². The number of nitrogens with one attached hydrogen (secondary N) is 3. The number of carbonyl (C=O) groups is 1. The molecule has 2 rings (SSSR count). The number of hydrogen-bond acceptors (Lipinski definition) is 6. The maximum atomic E-state index is 11.0. The molecule has 0 saturated carbocycles. The number of carboxylic acids is 1. The highest BCUT2D eigenvalue weighted by Gasteiger charge is 2.12. The number of nitrogens with zero attached hydrogens (tertiary/aromatic N) is 3. The third-order valence-electron chi connectivity index (χ3n) is 2.42. The smallest absolute Gasteiger partial charge is 0.357 e. The zero-order chi connectivity index (χ0) is 14.7. The van der Waals surface area contributed by atoms with Crippen molar-refractivity contribution in [3.8, 4) is 6.07 Å². The monoisotopic (exact) mass is 271 g/mol. The predicted octanol–water partition coefficient (Wildman–Crippen LogP) is 0.489. The van der Waals surface area contributed by atoms with E-state index in [9.17, 15) is 4.79 Å². The number of aromatic nitrogens is 2. The molecule has 1 heterocycles. The molecule has 0 amide bonds. The highest BCUT2D eigenvalue weighted by atomic mass is 16.4. The Balaban J connectivity index is 2.37. The van der Waals surface area contributed by atoms with E-state index < -0.39 is 11.8 Å². The lowest BCUT2D eigenvalue weighted by Gasteiger charge is -2.01. The SMILES string of the molecule is N#C/C(=N\Nc1ccc2[nH]nc(C(=O)O)c2c1)C(=N)N. The molecule has 0 bridgehead atoms. The molecule has 6 N–H and O–H groups in total. The first-order valence-electron chi connectivity index (χ1n) is 5.32. The quantitative estimate of drug-likeness (QED) is 0.308. The van der Waals surface area contributed by atoms with Gasteiger partial charge in [0.25, 0.3) is 0 Å². The maximum Gasteiger partial charge on any atom is 0.357 e. The van der Waals surface area contributed by atoms with Crippen molar-refractivity contribution in [1.29, 1.82) is 10.7 Å². The van der Waals surface area contributed by atoms with E-state index in [-0.39, 0.29) is 11.4 Å². The van der Waals surface area contributed by atoms with Crippen LogP contribution < -0.4 is 11.2 Å². The maximum absolute atomic E-state index is 11.0. The van der Waals surface area contributed by atoms with Gasteiger partial charge in [0.2, 0.25) is 5.71 Å². The number of H-pyrrole nitrogens is 1. The minimum Gasteiger partial charge on any atom is -0.476 e. The van der Waals surface area contributed by atoms with Crippen LogP contribution in [0.1, 0.15) is 10.5 Å². The van der Waals surface area contributed by atoms with Crippen LogP contribution in [0.5, 0.6) is 0 Å². The fourth-order valence-corrected chi connectivity index (χ4v) is 1.51. The van der Waals surface area contributed by atoms with Crippen molar-refractivity contribution in [2.24, 2.45) is 10.8 Å². The second-order valence-electron chi connectivity index (χ2n) is 3.74. The summed E-state index contributed by atoms with van der Waals surface area (Å²) in [6.45, 7) is 0. The zero-order valence-electron chi connectivity index (χ0n) is 10.0. The van der Waals surface area contributed by atoms with Gasteiger partial charge in [0.15, 0.2) is 11.5 Å². The van der Waals surface area contributed by atoms with E-state index in [0.717, 1.165) is 0 Å². The van der Waals surface area contributed by atoms with Crippen LogP contribution in [0, 0.1) is 16.7 Å². The van der Waals surface area contributed by atoms with Gasteiger partial charge >= 0.3 is 5.97 Å². The molecule has 2 aromatic rings. The summed E-state index contributed by atoms with van der Waals surface area (Å²) >= 11 is 0. The first-order chi connectivity index (χ1) is 9.52. The molecule has 0 saturated heterocycles. The molecule has 0 aliphatic heterocycles. The Morgan fingerprint density at radius 1 is 1.60 bits per heavy atom. The van der Waals surface area contributed by atoms with Crippen molar-refractivity contribution in [2.45, 2.75) is 0 Å².